The maximum Gasteiger partial charge on any atom is 0.290 e. The Morgan fingerprint density at radius 1 is 1.24 bits per heavy atom. The second-order valence-electron chi connectivity index (χ2n) is 8.08. The quantitative estimate of drug-likeness (QED) is 0.650. The molecule has 0 saturated carbocycles. The number of morpholine rings is 1. The van der Waals surface area contributed by atoms with Gasteiger partial charge >= 0.3 is 0 Å². The van der Waals surface area contributed by atoms with E-state index in [1.165, 1.54) is 5.56 Å². The van der Waals surface area contributed by atoms with Crippen LogP contribution in [0.1, 0.15) is 30.4 Å². The average molecular weight is 455 g/mol. The largest absolute Gasteiger partial charge is 0.497 e. The van der Waals surface area contributed by atoms with Gasteiger partial charge in [-0.3, -0.25) is 14.4 Å². The molecule has 2 fully saturated rings. The van der Waals surface area contributed by atoms with E-state index in [2.05, 4.69) is 5.32 Å². The number of carbonyl (C=O) groups excluding carboxylic acids is 2. The van der Waals surface area contributed by atoms with Crippen molar-refractivity contribution in [2.24, 2.45) is 0 Å². The maximum atomic E-state index is 12.8. The Bertz CT molecular complexity index is 934. The molecule has 2 amide bonds. The molecule has 0 aliphatic carbocycles. The molecule has 2 aliphatic rings. The zero-order valence-corrected chi connectivity index (χ0v) is 18.7. The molecule has 8 heteroatoms. The number of amides is 2. The van der Waals surface area contributed by atoms with E-state index in [0.29, 0.717) is 25.9 Å². The number of piperidine rings is 1. The second-order valence-corrected chi connectivity index (χ2v) is 8.08. The topological polar surface area (TPSA) is 105 Å². The van der Waals surface area contributed by atoms with Crippen LogP contribution < -0.4 is 10.1 Å². The molecule has 2 atom stereocenters. The Kier molecular flexibility index (Phi) is 8.43. The van der Waals surface area contributed by atoms with E-state index in [0.717, 1.165) is 24.2 Å². The molecule has 8 nitrogen and oxygen atoms in total. The summed E-state index contributed by atoms with van der Waals surface area (Å²) in [6, 6.07) is 17.9. The molecule has 2 heterocycles. The molecule has 0 unspecified atom stereocenters. The number of rotatable bonds is 6. The van der Waals surface area contributed by atoms with Crippen molar-refractivity contribution in [3.05, 3.63) is 65.7 Å². The second kappa shape index (κ2) is 11.5. The SMILES string of the molecule is COc1ccc(CCCC(=O)N2CC[C@@]3(c4ccccc4)NC(=O)CO[C@@H]3C2)cc1.O=CO. The molecule has 2 saturated heterocycles. The number of benzene rings is 2. The first kappa shape index (κ1) is 24.3. The molecule has 2 aliphatic heterocycles. The fraction of sp³-hybridized carbons (Fsp3) is 0.400. The number of carbonyl (C=O) groups is 3. The number of carboxylic acid groups (broad SMARTS) is 1. The molecule has 2 N–H and O–H groups in total. The van der Waals surface area contributed by atoms with Crippen LogP contribution in [0, 0.1) is 0 Å². The van der Waals surface area contributed by atoms with E-state index >= 15 is 0 Å². The van der Waals surface area contributed by atoms with Crippen molar-refractivity contribution in [1.82, 2.24) is 10.2 Å². The Morgan fingerprint density at radius 3 is 2.61 bits per heavy atom. The first-order chi connectivity index (χ1) is 16.0. The zero-order valence-electron chi connectivity index (χ0n) is 18.7. The van der Waals surface area contributed by atoms with Gasteiger partial charge in [-0.25, -0.2) is 0 Å². The molecule has 4 rings (SSSR count). The highest BCUT2D eigenvalue weighted by Crippen LogP contribution is 2.37. The van der Waals surface area contributed by atoms with Crippen LogP contribution in [0.2, 0.25) is 0 Å². The van der Waals surface area contributed by atoms with E-state index in [1.807, 2.05) is 59.5 Å². The molecule has 176 valence electrons. The highest BCUT2D eigenvalue weighted by Gasteiger charge is 2.49. The molecular formula is C25H30N2O6. The summed E-state index contributed by atoms with van der Waals surface area (Å²) >= 11 is 0. The summed E-state index contributed by atoms with van der Waals surface area (Å²) in [6.07, 6.45) is 2.57. The monoisotopic (exact) mass is 454 g/mol. The molecule has 2 aromatic rings. The van der Waals surface area contributed by atoms with E-state index in [9.17, 15) is 9.59 Å². The third kappa shape index (κ3) is 5.90. The van der Waals surface area contributed by atoms with E-state index in [4.69, 9.17) is 19.4 Å². The van der Waals surface area contributed by atoms with Gasteiger partial charge in [0.05, 0.1) is 12.6 Å². The average Bonchev–Trinajstić information content (AvgIpc) is 2.85. The summed E-state index contributed by atoms with van der Waals surface area (Å²) < 4.78 is 11.1. The van der Waals surface area contributed by atoms with Gasteiger partial charge in [0, 0.05) is 19.5 Å². The predicted molar refractivity (Wildman–Crippen MR) is 122 cm³/mol. The summed E-state index contributed by atoms with van der Waals surface area (Å²) in [4.78, 5) is 35.2. The highest BCUT2D eigenvalue weighted by atomic mass is 16.5. The van der Waals surface area contributed by atoms with Crippen molar-refractivity contribution in [2.45, 2.75) is 37.3 Å². The van der Waals surface area contributed by atoms with Gasteiger partial charge in [-0.2, -0.15) is 0 Å². The van der Waals surface area contributed by atoms with Crippen LogP contribution in [0.15, 0.2) is 54.6 Å². The summed E-state index contributed by atoms with van der Waals surface area (Å²) in [6.45, 7) is 0.895. The van der Waals surface area contributed by atoms with Crippen molar-refractivity contribution in [1.29, 1.82) is 0 Å². The van der Waals surface area contributed by atoms with E-state index in [1.54, 1.807) is 7.11 Å². The molecule has 0 aromatic heterocycles. The predicted octanol–water partition coefficient (Wildman–Crippen LogP) is 2.36. The summed E-state index contributed by atoms with van der Waals surface area (Å²) in [5.74, 6) is 0.879. The number of nitrogens with zero attached hydrogens (tertiary/aromatic N) is 1. The van der Waals surface area contributed by atoms with Gasteiger partial charge in [0.15, 0.2) is 0 Å². The van der Waals surface area contributed by atoms with Crippen LogP contribution in [0.4, 0.5) is 0 Å². The zero-order chi connectivity index (χ0) is 23.7. The van der Waals surface area contributed by atoms with Gasteiger partial charge in [0.2, 0.25) is 11.8 Å². The maximum absolute atomic E-state index is 12.8. The van der Waals surface area contributed by atoms with Crippen LogP contribution in [0.3, 0.4) is 0 Å². The first-order valence-corrected chi connectivity index (χ1v) is 11.0. The van der Waals surface area contributed by atoms with Crippen LogP contribution in [0.25, 0.3) is 0 Å². The summed E-state index contributed by atoms with van der Waals surface area (Å²) in [5, 5.41) is 10.1. The standard InChI is InChI=1S/C24H28N2O4.CH2O2/c1-29-20-12-10-18(11-13-20)6-5-9-23(28)26-15-14-24(19-7-3-2-4-8-19)21(16-26)30-17-22(27)25-24;2-1-3/h2-4,7-8,10-13,21H,5-6,9,14-17H2,1H3,(H,25,27);1H,(H,2,3)/t21-,24+;/m1./s1. The van der Waals surface area contributed by atoms with Gasteiger partial charge in [-0.15, -0.1) is 0 Å². The Morgan fingerprint density at radius 2 is 1.94 bits per heavy atom. The van der Waals surface area contributed by atoms with Crippen molar-refractivity contribution >= 4 is 18.3 Å². The summed E-state index contributed by atoms with van der Waals surface area (Å²) in [7, 11) is 1.65. The normalized spacial score (nSPS) is 21.7. The number of likely N-dealkylation sites (tertiary alicyclic amines) is 1. The minimum absolute atomic E-state index is 0.0404. The number of methoxy groups -OCH3 is 1. The van der Waals surface area contributed by atoms with Crippen LogP contribution >= 0.6 is 0 Å². The number of ether oxygens (including phenoxy) is 2. The minimum atomic E-state index is -0.559. The molecular weight excluding hydrogens is 424 g/mol. The highest BCUT2D eigenvalue weighted by molar-refractivity contribution is 5.80. The van der Waals surface area contributed by atoms with Crippen molar-refractivity contribution in [3.8, 4) is 5.75 Å². The minimum Gasteiger partial charge on any atom is -0.497 e. The lowest BCUT2D eigenvalue weighted by Crippen LogP contribution is -2.67. The lowest BCUT2D eigenvalue weighted by atomic mass is 9.77. The summed E-state index contributed by atoms with van der Waals surface area (Å²) in [5.41, 5.74) is 1.68. The molecule has 2 aromatic carbocycles. The number of nitrogens with one attached hydrogen (secondary N) is 1. The lowest BCUT2D eigenvalue weighted by molar-refractivity contribution is -0.157. The van der Waals surface area contributed by atoms with Crippen molar-refractivity contribution in [2.75, 3.05) is 26.8 Å². The lowest BCUT2D eigenvalue weighted by Gasteiger charge is -2.50. The van der Waals surface area contributed by atoms with Crippen LogP contribution in [-0.2, 0) is 31.1 Å². The number of fused-ring (bicyclic) bond motifs is 1. The van der Waals surface area contributed by atoms with E-state index < -0.39 is 5.54 Å². The van der Waals surface area contributed by atoms with Gasteiger partial charge in [0.25, 0.3) is 6.47 Å². The van der Waals surface area contributed by atoms with Crippen LogP contribution in [0.5, 0.6) is 5.75 Å². The Balaban J connectivity index is 0.000000968. The molecule has 0 radical (unpaired) electrons. The fourth-order valence-corrected chi connectivity index (χ4v) is 4.48. The third-order valence-corrected chi connectivity index (χ3v) is 6.15. The number of hydrogen-bond donors (Lipinski definition) is 2. The molecule has 0 spiro atoms. The Labute approximate surface area is 193 Å². The smallest absolute Gasteiger partial charge is 0.290 e. The van der Waals surface area contributed by atoms with Gasteiger partial charge in [-0.05, 0) is 42.5 Å². The Hall–Kier alpha value is -3.39. The first-order valence-electron chi connectivity index (χ1n) is 11.0. The van der Waals surface area contributed by atoms with Crippen LogP contribution in [-0.4, -0.2) is 61.2 Å². The van der Waals surface area contributed by atoms with Gasteiger partial charge in [0.1, 0.15) is 18.5 Å². The third-order valence-electron chi connectivity index (χ3n) is 6.15. The molecule has 0 bridgehead atoms. The van der Waals surface area contributed by atoms with Crippen molar-refractivity contribution in [3.63, 3.8) is 0 Å². The number of hydrogen-bond acceptors (Lipinski definition) is 5. The van der Waals surface area contributed by atoms with E-state index in [-0.39, 0.29) is 31.0 Å². The van der Waals surface area contributed by atoms with Crippen molar-refractivity contribution < 1.29 is 29.0 Å². The fourth-order valence-electron chi connectivity index (χ4n) is 4.48. The molecule has 33 heavy (non-hydrogen) atoms. The van der Waals surface area contributed by atoms with Gasteiger partial charge in [-0.1, -0.05) is 42.5 Å². The number of aryl methyl sites for hydroxylation is 1. The van der Waals surface area contributed by atoms with Gasteiger partial charge < -0.3 is 24.8 Å².